The molecule has 2 aliphatic heterocycles. The zero-order valence-electron chi connectivity index (χ0n) is 16.7. The molecule has 9 heteroatoms. The summed E-state index contributed by atoms with van der Waals surface area (Å²) >= 11 is 0. The summed E-state index contributed by atoms with van der Waals surface area (Å²) in [5, 5.41) is 3.41. The van der Waals surface area contributed by atoms with E-state index in [1.54, 1.807) is 12.1 Å². The van der Waals surface area contributed by atoms with Crippen LogP contribution in [0.2, 0.25) is 0 Å². The van der Waals surface area contributed by atoms with E-state index in [1.807, 2.05) is 12.1 Å². The maximum absolute atomic E-state index is 11.3. The number of aromatic nitrogens is 2. The van der Waals surface area contributed by atoms with E-state index in [-0.39, 0.29) is 24.8 Å². The SMILES string of the molecule is CN(C)[C@H]1CCN(c2nc(-c3ccc(C(N)=O)cc3)nc3c2CCNC3)C1.Cl.Cl. The highest BCUT2D eigenvalue weighted by Gasteiger charge is 2.29. The topological polar surface area (TPSA) is 87.4 Å². The van der Waals surface area contributed by atoms with Gasteiger partial charge in [-0.05, 0) is 45.6 Å². The summed E-state index contributed by atoms with van der Waals surface area (Å²) in [6, 6.07) is 7.76. The normalized spacial score (nSPS) is 18.0. The lowest BCUT2D eigenvalue weighted by Crippen LogP contribution is -2.33. The van der Waals surface area contributed by atoms with Crippen LogP contribution in [0.3, 0.4) is 0 Å². The number of hydrogen-bond donors (Lipinski definition) is 2. The number of carbonyl (C=O) groups is 1. The second-order valence-corrected chi connectivity index (χ2v) is 7.52. The number of fused-ring (bicyclic) bond motifs is 1. The number of likely N-dealkylation sites (N-methyl/N-ethyl adjacent to an activating group) is 1. The van der Waals surface area contributed by atoms with Crippen LogP contribution in [-0.4, -0.2) is 60.5 Å². The lowest BCUT2D eigenvalue weighted by atomic mass is 10.1. The van der Waals surface area contributed by atoms with E-state index in [0.717, 1.165) is 56.1 Å². The maximum atomic E-state index is 11.3. The number of carbonyl (C=O) groups excluding carboxylic acids is 1. The highest BCUT2D eigenvalue weighted by Crippen LogP contribution is 2.30. The van der Waals surface area contributed by atoms with Crippen LogP contribution in [0.1, 0.15) is 28.0 Å². The van der Waals surface area contributed by atoms with Crippen LogP contribution < -0.4 is 16.0 Å². The Morgan fingerprint density at radius 1 is 1.21 bits per heavy atom. The number of nitrogens with one attached hydrogen (secondary N) is 1. The van der Waals surface area contributed by atoms with Crippen molar-refractivity contribution in [2.45, 2.75) is 25.4 Å². The first-order chi connectivity index (χ1) is 13.0. The van der Waals surface area contributed by atoms with E-state index in [4.69, 9.17) is 15.7 Å². The van der Waals surface area contributed by atoms with Gasteiger partial charge < -0.3 is 20.9 Å². The van der Waals surface area contributed by atoms with Crippen LogP contribution in [0.15, 0.2) is 24.3 Å². The highest BCUT2D eigenvalue weighted by molar-refractivity contribution is 5.93. The molecule has 0 spiro atoms. The van der Waals surface area contributed by atoms with E-state index >= 15 is 0 Å². The Balaban J connectivity index is 0.00000150. The first-order valence-electron chi connectivity index (χ1n) is 9.45. The summed E-state index contributed by atoms with van der Waals surface area (Å²) in [5.41, 5.74) is 9.09. The molecule has 1 saturated heterocycles. The smallest absolute Gasteiger partial charge is 0.248 e. The van der Waals surface area contributed by atoms with Crippen LogP contribution in [0.4, 0.5) is 5.82 Å². The Labute approximate surface area is 183 Å². The summed E-state index contributed by atoms with van der Waals surface area (Å²) in [6.07, 6.45) is 2.10. The Morgan fingerprint density at radius 2 is 1.93 bits per heavy atom. The molecule has 4 rings (SSSR count). The number of hydrogen-bond acceptors (Lipinski definition) is 6. The van der Waals surface area contributed by atoms with Gasteiger partial charge in [-0.25, -0.2) is 9.97 Å². The zero-order valence-corrected chi connectivity index (χ0v) is 18.4. The standard InChI is InChI=1S/C20H26N6O.2ClH/c1-25(2)15-8-10-26(12-15)20-16-7-9-22-11-17(16)23-19(24-20)14-5-3-13(4-6-14)18(21)27;;/h3-6,15,22H,7-12H2,1-2H3,(H2,21,27);2*1H/t15-;;/m0../s1. The van der Waals surface area contributed by atoms with Gasteiger partial charge in [0.05, 0.1) is 5.69 Å². The fourth-order valence-corrected chi connectivity index (χ4v) is 3.87. The summed E-state index contributed by atoms with van der Waals surface area (Å²) in [6.45, 7) is 3.73. The van der Waals surface area contributed by atoms with E-state index in [0.29, 0.717) is 17.4 Å². The van der Waals surface area contributed by atoms with Crippen LogP contribution in [0.25, 0.3) is 11.4 Å². The van der Waals surface area contributed by atoms with Crippen LogP contribution in [-0.2, 0) is 13.0 Å². The largest absolute Gasteiger partial charge is 0.366 e. The minimum atomic E-state index is -0.426. The Bertz CT molecular complexity index is 859. The van der Waals surface area contributed by atoms with Gasteiger partial charge in [-0.2, -0.15) is 0 Å². The van der Waals surface area contributed by atoms with Gasteiger partial charge in [0.25, 0.3) is 0 Å². The molecule has 29 heavy (non-hydrogen) atoms. The number of halogens is 2. The van der Waals surface area contributed by atoms with Crippen LogP contribution >= 0.6 is 24.8 Å². The van der Waals surface area contributed by atoms with Gasteiger partial charge in [-0.1, -0.05) is 12.1 Å². The molecule has 1 amide bonds. The average molecular weight is 439 g/mol. The summed E-state index contributed by atoms with van der Waals surface area (Å²) in [5.74, 6) is 1.35. The summed E-state index contributed by atoms with van der Waals surface area (Å²) < 4.78 is 0. The second-order valence-electron chi connectivity index (χ2n) is 7.52. The lowest BCUT2D eigenvalue weighted by molar-refractivity contribution is 0.100. The number of amides is 1. The van der Waals surface area contributed by atoms with E-state index in [2.05, 4.69) is 29.2 Å². The van der Waals surface area contributed by atoms with Crippen molar-refractivity contribution < 1.29 is 4.79 Å². The average Bonchev–Trinajstić information content (AvgIpc) is 3.17. The van der Waals surface area contributed by atoms with E-state index in [9.17, 15) is 4.79 Å². The van der Waals surface area contributed by atoms with Gasteiger partial charge in [0.2, 0.25) is 5.91 Å². The number of nitrogens with zero attached hydrogens (tertiary/aromatic N) is 4. The van der Waals surface area contributed by atoms with Crippen LogP contribution in [0, 0.1) is 0 Å². The Kier molecular flexibility index (Phi) is 7.82. The third-order valence-corrected chi connectivity index (χ3v) is 5.54. The predicted molar refractivity (Wildman–Crippen MR) is 120 cm³/mol. The molecule has 3 heterocycles. The van der Waals surface area contributed by atoms with Crippen molar-refractivity contribution in [3.05, 3.63) is 41.1 Å². The molecule has 1 aromatic heterocycles. The molecule has 7 nitrogen and oxygen atoms in total. The quantitative estimate of drug-likeness (QED) is 0.757. The van der Waals surface area contributed by atoms with Crippen molar-refractivity contribution in [1.82, 2.24) is 20.2 Å². The predicted octanol–water partition coefficient (Wildman–Crippen LogP) is 1.87. The molecule has 2 aliphatic rings. The third kappa shape index (κ3) is 4.80. The molecule has 1 aromatic carbocycles. The van der Waals surface area contributed by atoms with Crippen molar-refractivity contribution in [2.75, 3.05) is 38.6 Å². The molecule has 3 N–H and O–H groups in total. The van der Waals surface area contributed by atoms with E-state index in [1.165, 1.54) is 5.56 Å². The second kappa shape index (κ2) is 9.71. The number of benzene rings is 1. The maximum Gasteiger partial charge on any atom is 0.248 e. The van der Waals surface area contributed by atoms with Gasteiger partial charge >= 0.3 is 0 Å². The molecular weight excluding hydrogens is 411 g/mol. The third-order valence-electron chi connectivity index (χ3n) is 5.54. The van der Waals surface area contributed by atoms with Crippen molar-refractivity contribution in [2.24, 2.45) is 5.73 Å². The zero-order chi connectivity index (χ0) is 19.0. The van der Waals surface area contributed by atoms with Crippen molar-refractivity contribution in [3.8, 4) is 11.4 Å². The first kappa shape index (κ1) is 23.3. The molecule has 0 saturated carbocycles. The molecular formula is C20H28Cl2N6O. The number of anilines is 1. The van der Waals surface area contributed by atoms with Gasteiger partial charge in [0, 0.05) is 42.4 Å². The summed E-state index contributed by atoms with van der Waals surface area (Å²) in [7, 11) is 4.28. The Morgan fingerprint density at radius 3 is 2.55 bits per heavy atom. The Hall–Kier alpha value is -1.93. The van der Waals surface area contributed by atoms with Gasteiger partial charge in [-0.3, -0.25) is 4.79 Å². The first-order valence-corrected chi connectivity index (χ1v) is 9.45. The number of primary amides is 1. The number of rotatable bonds is 4. The molecule has 0 bridgehead atoms. The molecule has 1 fully saturated rings. The molecule has 0 radical (unpaired) electrons. The molecule has 1 atom stereocenters. The minimum Gasteiger partial charge on any atom is -0.366 e. The minimum absolute atomic E-state index is 0. The van der Waals surface area contributed by atoms with Crippen molar-refractivity contribution >= 4 is 36.5 Å². The molecule has 158 valence electrons. The molecule has 0 unspecified atom stereocenters. The van der Waals surface area contributed by atoms with Crippen molar-refractivity contribution in [3.63, 3.8) is 0 Å². The van der Waals surface area contributed by atoms with Gasteiger partial charge in [-0.15, -0.1) is 24.8 Å². The van der Waals surface area contributed by atoms with E-state index < -0.39 is 5.91 Å². The van der Waals surface area contributed by atoms with Crippen LogP contribution in [0.5, 0.6) is 0 Å². The lowest BCUT2D eigenvalue weighted by Gasteiger charge is -2.26. The monoisotopic (exact) mass is 438 g/mol. The fourth-order valence-electron chi connectivity index (χ4n) is 3.87. The number of nitrogens with two attached hydrogens (primary N) is 1. The fraction of sp³-hybridized carbons (Fsp3) is 0.450. The highest BCUT2D eigenvalue weighted by atomic mass is 35.5. The summed E-state index contributed by atoms with van der Waals surface area (Å²) in [4.78, 5) is 25.8. The van der Waals surface area contributed by atoms with Crippen molar-refractivity contribution in [1.29, 1.82) is 0 Å². The molecule has 0 aliphatic carbocycles. The van der Waals surface area contributed by atoms with Gasteiger partial charge in [0.1, 0.15) is 5.82 Å². The molecule has 2 aromatic rings. The van der Waals surface area contributed by atoms with Gasteiger partial charge in [0.15, 0.2) is 5.82 Å².